The van der Waals surface area contributed by atoms with Crippen molar-refractivity contribution in [1.29, 1.82) is 0 Å². The van der Waals surface area contributed by atoms with Crippen molar-refractivity contribution in [2.24, 2.45) is 17.3 Å². The lowest BCUT2D eigenvalue weighted by Crippen LogP contribution is -2.50. The summed E-state index contributed by atoms with van der Waals surface area (Å²) < 4.78 is 11.7. The van der Waals surface area contributed by atoms with E-state index in [1.54, 1.807) is 0 Å². The van der Waals surface area contributed by atoms with Crippen molar-refractivity contribution in [3.05, 3.63) is 41.5 Å². The van der Waals surface area contributed by atoms with Crippen molar-refractivity contribution in [3.63, 3.8) is 0 Å². The molecule has 1 aromatic carbocycles. The SMILES string of the molecule is CC(=O)O[C@H]1C[C@@](O)(C(C)C)[C@@H]2[C@@H](OC(=O)c3ccc(O)cc3)CC(C)=CC[C@@]12C. The van der Waals surface area contributed by atoms with E-state index >= 15 is 0 Å². The number of allylic oxidation sites excluding steroid dienone is 1. The molecule has 2 aliphatic rings. The minimum atomic E-state index is -1.15. The van der Waals surface area contributed by atoms with Crippen LogP contribution in [0.3, 0.4) is 0 Å². The topological polar surface area (TPSA) is 93.1 Å². The molecule has 0 radical (unpaired) electrons. The maximum atomic E-state index is 12.9. The molecule has 3 rings (SSSR count). The Morgan fingerprint density at radius 2 is 1.80 bits per heavy atom. The average molecular weight is 417 g/mol. The summed E-state index contributed by atoms with van der Waals surface area (Å²) in [6, 6.07) is 5.91. The predicted octanol–water partition coefficient (Wildman–Crippen LogP) is 4.00. The molecule has 0 amide bonds. The van der Waals surface area contributed by atoms with Crippen molar-refractivity contribution in [1.82, 2.24) is 0 Å². The number of esters is 2. The van der Waals surface area contributed by atoms with Crippen LogP contribution in [0.4, 0.5) is 0 Å². The zero-order valence-electron chi connectivity index (χ0n) is 18.3. The third kappa shape index (κ3) is 3.97. The van der Waals surface area contributed by atoms with Crippen molar-refractivity contribution in [2.75, 3.05) is 0 Å². The molecule has 0 unspecified atom stereocenters. The standard InChI is InChI=1S/C24H32O6/c1-14(2)24(28)13-20(29-16(4)25)23(5)11-10-15(3)12-19(21(23)24)30-22(27)17-6-8-18(26)9-7-17/h6-10,14,19-21,26,28H,11-13H2,1-5H3/t19-,20-,21+,23-,24+/m0/s1. The highest BCUT2D eigenvalue weighted by molar-refractivity contribution is 5.89. The van der Waals surface area contributed by atoms with Gasteiger partial charge in [-0.25, -0.2) is 4.79 Å². The molecular formula is C24H32O6. The van der Waals surface area contributed by atoms with Crippen LogP contribution in [0.5, 0.6) is 5.75 Å². The number of phenols is 1. The highest BCUT2D eigenvalue weighted by Crippen LogP contribution is 2.59. The van der Waals surface area contributed by atoms with Crippen LogP contribution in [0.25, 0.3) is 0 Å². The van der Waals surface area contributed by atoms with Gasteiger partial charge < -0.3 is 19.7 Å². The third-order valence-electron chi connectivity index (χ3n) is 6.95. The second-order valence-electron chi connectivity index (χ2n) is 9.38. The first-order chi connectivity index (χ1) is 14.0. The van der Waals surface area contributed by atoms with Crippen LogP contribution in [0.2, 0.25) is 0 Å². The van der Waals surface area contributed by atoms with Gasteiger partial charge in [0.1, 0.15) is 18.0 Å². The number of hydrogen-bond donors (Lipinski definition) is 2. The molecule has 1 aromatic rings. The molecular weight excluding hydrogens is 384 g/mol. The number of rotatable bonds is 4. The van der Waals surface area contributed by atoms with Crippen molar-refractivity contribution < 1.29 is 29.3 Å². The first-order valence-corrected chi connectivity index (χ1v) is 10.5. The summed E-state index contributed by atoms with van der Waals surface area (Å²) in [5, 5.41) is 21.3. The molecule has 0 aromatic heterocycles. The molecule has 164 valence electrons. The normalized spacial score (nSPS) is 33.4. The van der Waals surface area contributed by atoms with E-state index in [-0.39, 0.29) is 17.6 Å². The molecule has 0 aliphatic heterocycles. The summed E-state index contributed by atoms with van der Waals surface area (Å²) in [5.74, 6) is -1.32. The Morgan fingerprint density at radius 3 is 2.37 bits per heavy atom. The Balaban J connectivity index is 2.00. The monoisotopic (exact) mass is 416 g/mol. The highest BCUT2D eigenvalue weighted by Gasteiger charge is 2.65. The van der Waals surface area contributed by atoms with Crippen molar-refractivity contribution >= 4 is 11.9 Å². The van der Waals surface area contributed by atoms with Crippen LogP contribution < -0.4 is 0 Å². The van der Waals surface area contributed by atoms with Gasteiger partial charge in [-0.2, -0.15) is 0 Å². The second-order valence-corrected chi connectivity index (χ2v) is 9.38. The lowest BCUT2D eigenvalue weighted by atomic mass is 9.67. The zero-order valence-corrected chi connectivity index (χ0v) is 18.3. The van der Waals surface area contributed by atoms with E-state index in [9.17, 15) is 19.8 Å². The van der Waals surface area contributed by atoms with Crippen LogP contribution >= 0.6 is 0 Å². The van der Waals surface area contributed by atoms with Gasteiger partial charge in [-0.05, 0) is 43.5 Å². The number of fused-ring (bicyclic) bond motifs is 1. The summed E-state index contributed by atoms with van der Waals surface area (Å²) in [5.41, 5.74) is -0.305. The van der Waals surface area contributed by atoms with Gasteiger partial charge in [-0.15, -0.1) is 0 Å². The van der Waals surface area contributed by atoms with Gasteiger partial charge >= 0.3 is 11.9 Å². The van der Waals surface area contributed by atoms with E-state index < -0.39 is 35.1 Å². The van der Waals surface area contributed by atoms with Gasteiger partial charge in [-0.1, -0.05) is 32.4 Å². The van der Waals surface area contributed by atoms with Gasteiger partial charge in [0, 0.05) is 31.1 Å². The van der Waals surface area contributed by atoms with E-state index in [2.05, 4.69) is 6.08 Å². The van der Waals surface area contributed by atoms with E-state index in [0.717, 1.165) is 5.57 Å². The molecule has 5 atom stereocenters. The van der Waals surface area contributed by atoms with Crippen LogP contribution in [0, 0.1) is 17.3 Å². The molecule has 1 saturated carbocycles. The van der Waals surface area contributed by atoms with Gasteiger partial charge in [-0.3, -0.25) is 4.79 Å². The van der Waals surface area contributed by atoms with E-state index in [1.807, 2.05) is 27.7 Å². The number of ether oxygens (including phenoxy) is 2. The summed E-state index contributed by atoms with van der Waals surface area (Å²) >= 11 is 0. The fourth-order valence-corrected chi connectivity index (χ4v) is 5.23. The predicted molar refractivity (Wildman–Crippen MR) is 112 cm³/mol. The molecule has 6 nitrogen and oxygen atoms in total. The molecule has 2 aliphatic carbocycles. The Labute approximate surface area is 177 Å². The molecule has 6 heteroatoms. The number of hydrogen-bond acceptors (Lipinski definition) is 6. The minimum Gasteiger partial charge on any atom is -0.508 e. The maximum absolute atomic E-state index is 12.9. The molecule has 0 bridgehead atoms. The van der Waals surface area contributed by atoms with E-state index in [4.69, 9.17) is 9.47 Å². The maximum Gasteiger partial charge on any atom is 0.338 e. The Morgan fingerprint density at radius 1 is 1.17 bits per heavy atom. The van der Waals surface area contributed by atoms with Crippen LogP contribution in [0.1, 0.15) is 64.2 Å². The number of aliphatic hydroxyl groups is 1. The van der Waals surface area contributed by atoms with E-state index in [0.29, 0.717) is 24.8 Å². The number of carbonyl (C=O) groups is 2. The number of phenolic OH excluding ortho intramolecular Hbond substituents is 1. The lowest BCUT2D eigenvalue weighted by Gasteiger charge is -2.43. The largest absolute Gasteiger partial charge is 0.508 e. The number of aromatic hydroxyl groups is 1. The Bertz CT molecular complexity index is 842. The highest BCUT2D eigenvalue weighted by atomic mass is 16.6. The molecule has 2 N–H and O–H groups in total. The average Bonchev–Trinajstić information content (AvgIpc) is 2.78. The molecule has 30 heavy (non-hydrogen) atoms. The van der Waals surface area contributed by atoms with Crippen LogP contribution in [0.15, 0.2) is 35.9 Å². The molecule has 0 saturated heterocycles. The Kier molecular flexibility index (Phi) is 6.01. The smallest absolute Gasteiger partial charge is 0.338 e. The number of carbonyl (C=O) groups excluding carboxylic acids is 2. The first-order valence-electron chi connectivity index (χ1n) is 10.5. The molecule has 1 fully saturated rings. The first kappa shape index (κ1) is 22.3. The fraction of sp³-hybridized carbons (Fsp3) is 0.583. The quantitative estimate of drug-likeness (QED) is 0.569. The van der Waals surface area contributed by atoms with Gasteiger partial charge in [0.2, 0.25) is 0 Å². The minimum absolute atomic E-state index is 0.0709. The van der Waals surface area contributed by atoms with Crippen molar-refractivity contribution in [2.45, 2.75) is 71.7 Å². The Hall–Kier alpha value is -2.34. The summed E-state index contributed by atoms with van der Waals surface area (Å²) in [7, 11) is 0. The van der Waals surface area contributed by atoms with Crippen molar-refractivity contribution in [3.8, 4) is 5.75 Å². The van der Waals surface area contributed by atoms with Crippen LogP contribution in [-0.2, 0) is 14.3 Å². The molecule has 0 spiro atoms. The van der Waals surface area contributed by atoms with Crippen LogP contribution in [-0.4, -0.2) is 40.0 Å². The zero-order chi connectivity index (χ0) is 22.3. The van der Waals surface area contributed by atoms with E-state index in [1.165, 1.54) is 31.2 Å². The number of benzene rings is 1. The van der Waals surface area contributed by atoms with Gasteiger partial charge in [0.15, 0.2) is 0 Å². The lowest BCUT2D eigenvalue weighted by molar-refractivity contribution is -0.153. The molecule has 0 heterocycles. The summed E-state index contributed by atoms with van der Waals surface area (Å²) in [4.78, 5) is 24.7. The van der Waals surface area contributed by atoms with Gasteiger partial charge in [0.25, 0.3) is 0 Å². The second kappa shape index (κ2) is 8.06. The van der Waals surface area contributed by atoms with Gasteiger partial charge in [0.05, 0.1) is 11.2 Å². The fourth-order valence-electron chi connectivity index (χ4n) is 5.23. The summed E-state index contributed by atoms with van der Waals surface area (Å²) in [6.45, 7) is 9.27. The third-order valence-corrected chi connectivity index (χ3v) is 6.95. The summed E-state index contributed by atoms with van der Waals surface area (Å²) in [6.07, 6.45) is 2.51.